The molecule has 0 unspecified atom stereocenters. The van der Waals surface area contributed by atoms with Gasteiger partial charge >= 0.3 is 6.03 Å². The molecule has 2 aliphatic rings. The highest BCUT2D eigenvalue weighted by Gasteiger charge is 2.33. The number of imide groups is 1. The molecule has 2 saturated heterocycles. The van der Waals surface area contributed by atoms with Gasteiger partial charge in [-0.1, -0.05) is 30.3 Å². The van der Waals surface area contributed by atoms with E-state index in [0.717, 1.165) is 37.2 Å². The summed E-state index contributed by atoms with van der Waals surface area (Å²) in [5.41, 5.74) is 2.74. The quantitative estimate of drug-likeness (QED) is 0.587. The molecule has 2 heterocycles. The monoisotopic (exact) mass is 407 g/mol. The molecular formula is C23H25N3O4. The number of nitrogens with one attached hydrogen (secondary N) is 1. The van der Waals surface area contributed by atoms with Crippen LogP contribution in [0.2, 0.25) is 0 Å². The maximum atomic E-state index is 12.8. The minimum Gasteiger partial charge on any atom is -0.496 e. The van der Waals surface area contributed by atoms with Gasteiger partial charge in [-0.05, 0) is 30.5 Å². The van der Waals surface area contributed by atoms with Crippen LogP contribution < -0.4 is 19.7 Å². The average molecular weight is 407 g/mol. The number of hydrogen-bond acceptors (Lipinski definition) is 5. The lowest BCUT2D eigenvalue weighted by Gasteiger charge is -2.22. The summed E-state index contributed by atoms with van der Waals surface area (Å²) in [7, 11) is 3.22. The Morgan fingerprint density at radius 3 is 2.37 bits per heavy atom. The Bertz CT molecular complexity index is 981. The number of nitrogens with zero attached hydrogens (tertiary/aromatic N) is 2. The predicted molar refractivity (Wildman–Crippen MR) is 114 cm³/mol. The minimum atomic E-state index is -0.435. The van der Waals surface area contributed by atoms with E-state index in [4.69, 9.17) is 9.47 Å². The van der Waals surface area contributed by atoms with Crippen LogP contribution in [0.25, 0.3) is 6.08 Å². The summed E-state index contributed by atoms with van der Waals surface area (Å²) in [6.07, 6.45) is 3.93. The van der Waals surface area contributed by atoms with Gasteiger partial charge < -0.3 is 19.7 Å². The van der Waals surface area contributed by atoms with Crippen molar-refractivity contribution in [1.82, 2.24) is 10.2 Å². The van der Waals surface area contributed by atoms with Crippen molar-refractivity contribution >= 4 is 23.7 Å². The summed E-state index contributed by atoms with van der Waals surface area (Å²) in [6, 6.07) is 12.8. The first-order valence-corrected chi connectivity index (χ1v) is 10.00. The van der Waals surface area contributed by atoms with Crippen molar-refractivity contribution in [2.24, 2.45) is 0 Å². The first-order valence-electron chi connectivity index (χ1n) is 10.00. The highest BCUT2D eigenvalue weighted by atomic mass is 16.5. The molecule has 2 aliphatic heterocycles. The van der Waals surface area contributed by atoms with Gasteiger partial charge in [0, 0.05) is 24.7 Å². The van der Waals surface area contributed by atoms with E-state index in [2.05, 4.69) is 10.2 Å². The smallest absolute Gasteiger partial charge is 0.329 e. The fourth-order valence-electron chi connectivity index (χ4n) is 3.86. The number of hydrogen-bond donors (Lipinski definition) is 1. The van der Waals surface area contributed by atoms with Crippen LogP contribution in [0, 0.1) is 0 Å². The second-order valence-corrected chi connectivity index (χ2v) is 7.33. The van der Waals surface area contributed by atoms with E-state index in [-0.39, 0.29) is 18.1 Å². The lowest BCUT2D eigenvalue weighted by Crippen LogP contribution is -2.30. The van der Waals surface area contributed by atoms with E-state index >= 15 is 0 Å². The van der Waals surface area contributed by atoms with Gasteiger partial charge in [0.1, 0.15) is 17.2 Å². The topological polar surface area (TPSA) is 71.1 Å². The van der Waals surface area contributed by atoms with Gasteiger partial charge in [0.2, 0.25) is 0 Å². The van der Waals surface area contributed by atoms with Gasteiger partial charge in [0.05, 0.1) is 26.5 Å². The molecule has 30 heavy (non-hydrogen) atoms. The third-order valence-electron chi connectivity index (χ3n) is 5.42. The Morgan fingerprint density at radius 2 is 1.70 bits per heavy atom. The Kier molecular flexibility index (Phi) is 5.61. The SMILES string of the molecule is COc1cc(N2CCCC2)c(OC)cc1/C=C1\NC(=O)N(Cc2ccccc2)C1=O. The third kappa shape index (κ3) is 3.83. The van der Waals surface area contributed by atoms with E-state index in [1.54, 1.807) is 20.3 Å². The number of amides is 3. The highest BCUT2D eigenvalue weighted by Crippen LogP contribution is 2.38. The van der Waals surface area contributed by atoms with E-state index in [1.807, 2.05) is 42.5 Å². The first-order chi connectivity index (χ1) is 14.6. The number of methoxy groups -OCH3 is 2. The van der Waals surface area contributed by atoms with E-state index < -0.39 is 6.03 Å². The number of anilines is 1. The molecule has 0 radical (unpaired) electrons. The summed E-state index contributed by atoms with van der Waals surface area (Å²) in [4.78, 5) is 28.7. The van der Waals surface area contributed by atoms with E-state index in [1.165, 1.54) is 4.90 Å². The Morgan fingerprint density at radius 1 is 1.00 bits per heavy atom. The molecule has 0 aliphatic carbocycles. The number of carbonyl (C=O) groups is 2. The zero-order valence-electron chi connectivity index (χ0n) is 17.2. The largest absolute Gasteiger partial charge is 0.496 e. The molecule has 4 rings (SSSR count). The van der Waals surface area contributed by atoms with Crippen LogP contribution in [0.3, 0.4) is 0 Å². The van der Waals surface area contributed by atoms with Crippen molar-refractivity contribution in [2.45, 2.75) is 19.4 Å². The molecule has 3 amide bonds. The van der Waals surface area contributed by atoms with Crippen molar-refractivity contribution in [3.05, 3.63) is 59.3 Å². The van der Waals surface area contributed by atoms with Crippen molar-refractivity contribution in [1.29, 1.82) is 0 Å². The summed E-state index contributed by atoms with van der Waals surface area (Å²) in [6.45, 7) is 2.17. The molecule has 2 aromatic carbocycles. The van der Waals surface area contributed by atoms with Crippen LogP contribution in [0.5, 0.6) is 11.5 Å². The molecule has 7 nitrogen and oxygen atoms in total. The Labute approximate surface area is 175 Å². The molecule has 0 saturated carbocycles. The van der Waals surface area contributed by atoms with Gasteiger partial charge in [0.15, 0.2) is 0 Å². The van der Waals surface area contributed by atoms with Crippen LogP contribution in [0.1, 0.15) is 24.0 Å². The lowest BCUT2D eigenvalue weighted by molar-refractivity contribution is -0.123. The van der Waals surface area contributed by atoms with Crippen LogP contribution in [-0.2, 0) is 11.3 Å². The van der Waals surface area contributed by atoms with Crippen LogP contribution in [0.15, 0.2) is 48.2 Å². The normalized spacial score (nSPS) is 17.6. The Hall–Kier alpha value is -3.48. The summed E-state index contributed by atoms with van der Waals surface area (Å²) in [5.74, 6) is 0.963. The fraction of sp³-hybridized carbons (Fsp3) is 0.304. The van der Waals surface area contributed by atoms with Crippen molar-refractivity contribution in [3.63, 3.8) is 0 Å². The number of benzene rings is 2. The molecule has 2 aromatic rings. The minimum absolute atomic E-state index is 0.213. The summed E-state index contributed by atoms with van der Waals surface area (Å²) < 4.78 is 11.2. The van der Waals surface area contributed by atoms with Crippen molar-refractivity contribution in [3.8, 4) is 11.5 Å². The molecule has 0 bridgehead atoms. The van der Waals surface area contributed by atoms with Gasteiger partial charge in [0.25, 0.3) is 5.91 Å². The number of carbonyl (C=O) groups excluding carboxylic acids is 2. The fourth-order valence-corrected chi connectivity index (χ4v) is 3.86. The van der Waals surface area contributed by atoms with Gasteiger partial charge in [-0.2, -0.15) is 0 Å². The average Bonchev–Trinajstić information content (AvgIpc) is 3.39. The molecule has 0 atom stereocenters. The maximum absolute atomic E-state index is 12.8. The standard InChI is InChI=1S/C23H25N3O4/c1-29-20-14-19(25-10-6-7-11-25)21(30-2)13-17(20)12-18-22(27)26(23(28)24-18)15-16-8-4-3-5-9-16/h3-5,8-9,12-14H,6-7,10-11,15H2,1-2H3,(H,24,28)/b18-12-. The Balaban J connectivity index is 1.63. The van der Waals surface area contributed by atoms with Crippen molar-refractivity contribution < 1.29 is 19.1 Å². The molecule has 0 aromatic heterocycles. The zero-order valence-corrected chi connectivity index (χ0v) is 17.2. The maximum Gasteiger partial charge on any atom is 0.329 e. The van der Waals surface area contributed by atoms with Crippen LogP contribution >= 0.6 is 0 Å². The second-order valence-electron chi connectivity index (χ2n) is 7.33. The molecular weight excluding hydrogens is 382 g/mol. The number of rotatable bonds is 6. The molecule has 7 heteroatoms. The van der Waals surface area contributed by atoms with Gasteiger partial charge in [-0.25, -0.2) is 4.79 Å². The lowest BCUT2D eigenvalue weighted by atomic mass is 10.1. The molecule has 156 valence electrons. The second kappa shape index (κ2) is 8.49. The van der Waals surface area contributed by atoms with E-state index in [9.17, 15) is 9.59 Å². The molecule has 1 N–H and O–H groups in total. The van der Waals surface area contributed by atoms with Crippen LogP contribution in [0.4, 0.5) is 10.5 Å². The summed E-state index contributed by atoms with van der Waals surface area (Å²) in [5, 5.41) is 2.67. The predicted octanol–water partition coefficient (Wildman–Crippen LogP) is 3.40. The van der Waals surface area contributed by atoms with Crippen molar-refractivity contribution in [2.75, 3.05) is 32.2 Å². The van der Waals surface area contributed by atoms with E-state index in [0.29, 0.717) is 17.1 Å². The number of urea groups is 1. The van der Waals surface area contributed by atoms with Crippen LogP contribution in [-0.4, -0.2) is 44.1 Å². The first kappa shape index (κ1) is 19.8. The molecule has 0 spiro atoms. The molecule has 2 fully saturated rings. The summed E-state index contributed by atoms with van der Waals surface area (Å²) >= 11 is 0. The highest BCUT2D eigenvalue weighted by molar-refractivity contribution is 6.14. The zero-order chi connectivity index (χ0) is 21.1. The number of ether oxygens (including phenoxy) is 2. The van der Waals surface area contributed by atoms with Gasteiger partial charge in [-0.15, -0.1) is 0 Å². The third-order valence-corrected chi connectivity index (χ3v) is 5.42. The van der Waals surface area contributed by atoms with Gasteiger partial charge in [-0.3, -0.25) is 9.69 Å².